The Labute approximate surface area is 191 Å². The molecule has 2 heteroatoms. The van der Waals surface area contributed by atoms with Gasteiger partial charge in [0, 0.05) is 31.5 Å². The average molecular weight is 428 g/mol. The van der Waals surface area contributed by atoms with Gasteiger partial charge in [-0.1, -0.05) is 78.9 Å². The quantitative estimate of drug-likeness (QED) is 0.296. The van der Waals surface area contributed by atoms with E-state index in [4.69, 9.17) is 0 Å². The number of hydrogen-bond donors (Lipinski definition) is 1. The molecule has 152 valence electrons. The van der Waals surface area contributed by atoms with E-state index in [1.165, 1.54) is 42.4 Å². The summed E-state index contributed by atoms with van der Waals surface area (Å²) in [5.74, 6) is 0. The van der Waals surface area contributed by atoms with E-state index >= 15 is 0 Å². The molecule has 1 heterocycles. The zero-order chi connectivity index (χ0) is 21.3. The van der Waals surface area contributed by atoms with Gasteiger partial charge in [-0.25, -0.2) is 0 Å². The second kappa shape index (κ2) is 7.99. The lowest BCUT2D eigenvalue weighted by Gasteiger charge is -2.10. The summed E-state index contributed by atoms with van der Waals surface area (Å²) >= 11 is 1.86. The molecule has 1 aromatic heterocycles. The monoisotopic (exact) mass is 427 g/mol. The second-order valence-corrected chi connectivity index (χ2v) is 9.04. The molecule has 0 aliphatic heterocycles. The normalized spacial score (nSPS) is 11.1. The topological polar surface area (TPSA) is 12.0 Å². The molecule has 0 bridgehead atoms. The van der Waals surface area contributed by atoms with Crippen molar-refractivity contribution >= 4 is 42.9 Å². The molecular formula is C30H21NS. The van der Waals surface area contributed by atoms with Crippen molar-refractivity contribution in [3.63, 3.8) is 0 Å². The van der Waals surface area contributed by atoms with Crippen molar-refractivity contribution in [1.29, 1.82) is 0 Å². The van der Waals surface area contributed by atoms with Gasteiger partial charge in [0.05, 0.1) is 0 Å². The number of rotatable bonds is 4. The first kappa shape index (κ1) is 18.9. The maximum atomic E-state index is 3.56. The van der Waals surface area contributed by atoms with Crippen LogP contribution in [0.25, 0.3) is 42.4 Å². The van der Waals surface area contributed by atoms with Gasteiger partial charge in [0.1, 0.15) is 0 Å². The van der Waals surface area contributed by atoms with E-state index in [9.17, 15) is 0 Å². The standard InChI is InChI=1S/C30H21NS/c1-2-7-21(8-3-1)22-13-16-25(17-14-22)31-26-10-6-9-23(19-26)24-15-18-30-28(20-24)27-11-4-5-12-29(27)32-30/h1-20,31H. The highest BCUT2D eigenvalue weighted by Gasteiger charge is 2.07. The SMILES string of the molecule is c1ccc(-c2ccc(Nc3cccc(-c4ccc5sc6ccccc6c5c4)c3)cc2)cc1. The van der Waals surface area contributed by atoms with E-state index in [0.29, 0.717) is 0 Å². The number of thiophene rings is 1. The molecule has 0 amide bonds. The summed E-state index contributed by atoms with van der Waals surface area (Å²) in [6.07, 6.45) is 0. The number of fused-ring (bicyclic) bond motifs is 3. The fourth-order valence-electron chi connectivity index (χ4n) is 4.23. The molecule has 0 radical (unpaired) electrons. The molecule has 0 spiro atoms. The Morgan fingerprint density at radius 2 is 1.06 bits per heavy atom. The number of nitrogens with one attached hydrogen (secondary N) is 1. The minimum absolute atomic E-state index is 1.08. The minimum atomic E-state index is 1.08. The van der Waals surface area contributed by atoms with Gasteiger partial charge in [-0.15, -0.1) is 11.3 Å². The lowest BCUT2D eigenvalue weighted by atomic mass is 10.0. The fraction of sp³-hybridized carbons (Fsp3) is 0. The highest BCUT2D eigenvalue weighted by atomic mass is 32.1. The van der Waals surface area contributed by atoms with E-state index in [0.717, 1.165) is 11.4 Å². The van der Waals surface area contributed by atoms with Crippen molar-refractivity contribution in [3.8, 4) is 22.3 Å². The maximum absolute atomic E-state index is 3.56. The van der Waals surface area contributed by atoms with Crippen LogP contribution in [-0.2, 0) is 0 Å². The summed E-state index contributed by atoms with van der Waals surface area (Å²) in [7, 11) is 0. The Bertz CT molecular complexity index is 1530. The average Bonchev–Trinajstić information content (AvgIpc) is 3.23. The van der Waals surface area contributed by atoms with Crippen LogP contribution in [0.5, 0.6) is 0 Å². The first-order valence-electron chi connectivity index (χ1n) is 10.8. The summed E-state index contributed by atoms with van der Waals surface area (Å²) in [6, 6.07) is 43.2. The van der Waals surface area contributed by atoms with E-state index < -0.39 is 0 Å². The van der Waals surface area contributed by atoms with Crippen molar-refractivity contribution in [2.75, 3.05) is 5.32 Å². The smallest absolute Gasteiger partial charge is 0.0390 e. The number of hydrogen-bond acceptors (Lipinski definition) is 2. The van der Waals surface area contributed by atoms with Crippen LogP contribution in [0.15, 0.2) is 121 Å². The second-order valence-electron chi connectivity index (χ2n) is 7.96. The summed E-state index contributed by atoms with van der Waals surface area (Å²) in [5.41, 5.74) is 7.09. The molecule has 0 saturated heterocycles. The van der Waals surface area contributed by atoms with Crippen LogP contribution < -0.4 is 5.32 Å². The van der Waals surface area contributed by atoms with Crippen LogP contribution in [-0.4, -0.2) is 0 Å². The van der Waals surface area contributed by atoms with Gasteiger partial charge in [-0.3, -0.25) is 0 Å². The number of anilines is 2. The first-order chi connectivity index (χ1) is 15.8. The van der Waals surface area contributed by atoms with Crippen molar-refractivity contribution in [2.24, 2.45) is 0 Å². The highest BCUT2D eigenvalue weighted by molar-refractivity contribution is 7.25. The van der Waals surface area contributed by atoms with Crippen LogP contribution in [0.1, 0.15) is 0 Å². The van der Waals surface area contributed by atoms with Crippen molar-refractivity contribution < 1.29 is 0 Å². The van der Waals surface area contributed by atoms with Crippen LogP contribution in [0.4, 0.5) is 11.4 Å². The minimum Gasteiger partial charge on any atom is -0.356 e. The third-order valence-electron chi connectivity index (χ3n) is 5.85. The molecule has 0 aliphatic carbocycles. The molecule has 32 heavy (non-hydrogen) atoms. The molecule has 1 nitrogen and oxygen atoms in total. The molecule has 5 aromatic carbocycles. The summed E-state index contributed by atoms with van der Waals surface area (Å²) in [5, 5.41) is 6.22. The van der Waals surface area contributed by atoms with Gasteiger partial charge in [-0.05, 0) is 64.7 Å². The van der Waals surface area contributed by atoms with Crippen molar-refractivity contribution in [2.45, 2.75) is 0 Å². The summed E-state index contributed by atoms with van der Waals surface area (Å²) in [6.45, 7) is 0. The van der Waals surface area contributed by atoms with Crippen LogP contribution in [0, 0.1) is 0 Å². The Morgan fingerprint density at radius 3 is 1.94 bits per heavy atom. The molecule has 6 aromatic rings. The van der Waals surface area contributed by atoms with E-state index in [1.54, 1.807) is 0 Å². The lowest BCUT2D eigenvalue weighted by Crippen LogP contribution is -1.90. The Kier molecular flexibility index (Phi) is 4.71. The molecule has 0 aliphatic rings. The van der Waals surface area contributed by atoms with Crippen LogP contribution in [0.2, 0.25) is 0 Å². The van der Waals surface area contributed by atoms with E-state index in [-0.39, 0.29) is 0 Å². The van der Waals surface area contributed by atoms with E-state index in [1.807, 2.05) is 17.4 Å². The van der Waals surface area contributed by atoms with E-state index in [2.05, 4.69) is 121 Å². The van der Waals surface area contributed by atoms with Gasteiger partial charge in [0.15, 0.2) is 0 Å². The highest BCUT2D eigenvalue weighted by Crippen LogP contribution is 2.36. The predicted molar refractivity (Wildman–Crippen MR) is 140 cm³/mol. The molecule has 1 N–H and O–H groups in total. The van der Waals surface area contributed by atoms with Gasteiger partial charge in [-0.2, -0.15) is 0 Å². The third kappa shape index (κ3) is 3.55. The lowest BCUT2D eigenvalue weighted by molar-refractivity contribution is 1.54. The van der Waals surface area contributed by atoms with Crippen LogP contribution >= 0.6 is 11.3 Å². The Hall–Kier alpha value is -3.88. The molecule has 6 rings (SSSR count). The molecule has 0 fully saturated rings. The summed E-state index contributed by atoms with van der Waals surface area (Å²) in [4.78, 5) is 0. The maximum Gasteiger partial charge on any atom is 0.0390 e. The molecule has 0 unspecified atom stereocenters. The van der Waals surface area contributed by atoms with Gasteiger partial charge in [0.25, 0.3) is 0 Å². The van der Waals surface area contributed by atoms with Crippen molar-refractivity contribution in [3.05, 3.63) is 121 Å². The zero-order valence-corrected chi connectivity index (χ0v) is 18.3. The molecule has 0 saturated carbocycles. The van der Waals surface area contributed by atoms with Crippen LogP contribution in [0.3, 0.4) is 0 Å². The first-order valence-corrected chi connectivity index (χ1v) is 11.6. The third-order valence-corrected chi connectivity index (χ3v) is 7.01. The van der Waals surface area contributed by atoms with Gasteiger partial charge >= 0.3 is 0 Å². The van der Waals surface area contributed by atoms with Gasteiger partial charge in [0.2, 0.25) is 0 Å². The number of benzene rings is 5. The zero-order valence-electron chi connectivity index (χ0n) is 17.5. The largest absolute Gasteiger partial charge is 0.356 e. The molecular weight excluding hydrogens is 406 g/mol. The predicted octanol–water partition coefficient (Wildman–Crippen LogP) is 9.13. The van der Waals surface area contributed by atoms with Crippen molar-refractivity contribution in [1.82, 2.24) is 0 Å². The fourth-order valence-corrected chi connectivity index (χ4v) is 5.31. The summed E-state index contributed by atoms with van der Waals surface area (Å²) < 4.78 is 2.68. The Balaban J connectivity index is 1.29. The molecule has 0 atom stereocenters. The van der Waals surface area contributed by atoms with Gasteiger partial charge < -0.3 is 5.32 Å². The Morgan fingerprint density at radius 1 is 0.406 bits per heavy atom.